The minimum absolute atomic E-state index is 0.654. The van der Waals surface area contributed by atoms with Gasteiger partial charge in [-0.2, -0.15) is 0 Å². The first kappa shape index (κ1) is 15.9. The second kappa shape index (κ2) is 6.64. The summed E-state index contributed by atoms with van der Waals surface area (Å²) in [7, 11) is 3.21. The second-order valence-electron chi connectivity index (χ2n) is 4.77. The van der Waals surface area contributed by atoms with Crippen LogP contribution in [0.5, 0.6) is 11.5 Å². The van der Waals surface area contributed by atoms with E-state index in [0.29, 0.717) is 28.0 Å². The highest BCUT2D eigenvalue weighted by Gasteiger charge is 2.16. The molecule has 4 nitrogen and oxygen atoms in total. The van der Waals surface area contributed by atoms with Crippen molar-refractivity contribution in [2.75, 3.05) is 14.2 Å². The molecule has 0 fully saturated rings. The third-order valence-corrected chi connectivity index (χ3v) is 4.26. The Kier molecular flexibility index (Phi) is 4.59. The molecule has 0 unspecified atom stereocenters. The predicted octanol–water partition coefficient (Wildman–Crippen LogP) is 5.44. The van der Waals surface area contributed by atoms with Gasteiger partial charge < -0.3 is 14.0 Å². The molecule has 0 N–H and O–H groups in total. The van der Waals surface area contributed by atoms with E-state index in [-0.39, 0.29) is 0 Å². The van der Waals surface area contributed by atoms with Gasteiger partial charge in [0, 0.05) is 28.3 Å². The zero-order valence-corrected chi connectivity index (χ0v) is 14.8. The van der Waals surface area contributed by atoms with Crippen molar-refractivity contribution in [2.45, 2.75) is 0 Å². The molecular weight excluding hydrogens is 382 g/mol. The number of hydrogen-bond acceptors (Lipinski definition) is 4. The molecule has 1 heterocycles. The predicted molar refractivity (Wildman–Crippen MR) is 93.2 cm³/mol. The fourth-order valence-electron chi connectivity index (χ4n) is 2.21. The Morgan fingerprint density at radius 1 is 1.00 bits per heavy atom. The van der Waals surface area contributed by atoms with E-state index in [1.807, 2.05) is 36.4 Å². The highest BCUT2D eigenvalue weighted by Crippen LogP contribution is 2.39. The van der Waals surface area contributed by atoms with E-state index in [1.165, 1.54) is 0 Å². The number of methoxy groups -OCH3 is 2. The van der Waals surface area contributed by atoms with Crippen molar-refractivity contribution in [2.24, 2.45) is 0 Å². The van der Waals surface area contributed by atoms with Gasteiger partial charge in [-0.05, 0) is 46.3 Å². The topological polar surface area (TPSA) is 44.5 Å². The fourth-order valence-corrected chi connectivity index (χ4v) is 2.84. The van der Waals surface area contributed by atoms with Gasteiger partial charge in [0.15, 0.2) is 5.76 Å². The number of benzene rings is 2. The third-order valence-electron chi connectivity index (χ3n) is 3.39. The molecule has 0 aliphatic heterocycles. The lowest BCUT2D eigenvalue weighted by molar-refractivity contribution is 0.392. The van der Waals surface area contributed by atoms with Gasteiger partial charge in [0.05, 0.1) is 18.7 Å². The van der Waals surface area contributed by atoms with E-state index in [9.17, 15) is 0 Å². The van der Waals surface area contributed by atoms with Gasteiger partial charge in [0.2, 0.25) is 0 Å². The lowest BCUT2D eigenvalue weighted by atomic mass is 10.1. The van der Waals surface area contributed by atoms with Crippen LogP contribution in [0.4, 0.5) is 0 Å². The van der Waals surface area contributed by atoms with E-state index in [2.05, 4.69) is 21.1 Å². The molecule has 0 saturated heterocycles. The highest BCUT2D eigenvalue weighted by molar-refractivity contribution is 9.10. The van der Waals surface area contributed by atoms with Crippen LogP contribution >= 0.6 is 27.5 Å². The summed E-state index contributed by atoms with van der Waals surface area (Å²) >= 11 is 9.38. The Morgan fingerprint density at radius 2 is 1.70 bits per heavy atom. The molecule has 23 heavy (non-hydrogen) atoms. The van der Waals surface area contributed by atoms with Gasteiger partial charge in [-0.25, -0.2) is 0 Å². The zero-order chi connectivity index (χ0) is 16.4. The van der Waals surface area contributed by atoms with Crippen LogP contribution in [0.2, 0.25) is 5.02 Å². The molecule has 3 aromatic rings. The van der Waals surface area contributed by atoms with Crippen LogP contribution < -0.4 is 9.47 Å². The van der Waals surface area contributed by atoms with Crippen LogP contribution in [0, 0.1) is 0 Å². The third kappa shape index (κ3) is 3.21. The Bertz CT molecular complexity index is 830. The van der Waals surface area contributed by atoms with Crippen molar-refractivity contribution < 1.29 is 14.0 Å². The molecule has 3 rings (SSSR count). The summed E-state index contributed by atoms with van der Waals surface area (Å²) in [5.74, 6) is 2.00. The number of rotatable bonds is 4. The van der Waals surface area contributed by atoms with Crippen molar-refractivity contribution >= 4 is 27.5 Å². The number of aromatic nitrogens is 1. The van der Waals surface area contributed by atoms with Crippen molar-refractivity contribution in [3.8, 4) is 34.1 Å². The first-order chi connectivity index (χ1) is 11.1. The maximum absolute atomic E-state index is 5.91. The molecule has 0 atom stereocenters. The first-order valence-electron chi connectivity index (χ1n) is 6.77. The SMILES string of the molecule is COc1cc(OC)c(-c2cc(-c3ccc(Cl)cc3)on2)cc1Br. The first-order valence-corrected chi connectivity index (χ1v) is 7.94. The van der Waals surface area contributed by atoms with E-state index in [0.717, 1.165) is 15.6 Å². The average Bonchev–Trinajstić information content (AvgIpc) is 3.05. The quantitative estimate of drug-likeness (QED) is 0.591. The summed E-state index contributed by atoms with van der Waals surface area (Å²) in [6, 6.07) is 12.9. The molecule has 0 aliphatic carbocycles. The maximum Gasteiger partial charge on any atom is 0.167 e. The lowest BCUT2D eigenvalue weighted by Gasteiger charge is -2.10. The zero-order valence-electron chi connectivity index (χ0n) is 12.5. The molecule has 0 amide bonds. The molecule has 118 valence electrons. The molecular formula is C17H13BrClNO3. The molecule has 0 bridgehead atoms. The lowest BCUT2D eigenvalue weighted by Crippen LogP contribution is -1.91. The van der Waals surface area contributed by atoms with Crippen LogP contribution in [0.3, 0.4) is 0 Å². The van der Waals surface area contributed by atoms with Crippen molar-refractivity contribution in [1.29, 1.82) is 0 Å². The van der Waals surface area contributed by atoms with Crippen LogP contribution in [-0.4, -0.2) is 19.4 Å². The smallest absolute Gasteiger partial charge is 0.167 e. The largest absolute Gasteiger partial charge is 0.496 e. The summed E-state index contributed by atoms with van der Waals surface area (Å²) in [5, 5.41) is 4.82. The standard InChI is InChI=1S/C17H13BrClNO3/c1-21-16-9-17(22-2)13(18)7-12(16)14-8-15(23-20-14)10-3-5-11(19)6-4-10/h3-9H,1-2H3. The molecule has 6 heteroatoms. The molecule has 0 aliphatic rings. The fraction of sp³-hybridized carbons (Fsp3) is 0.118. The average molecular weight is 395 g/mol. The normalized spacial score (nSPS) is 10.6. The van der Waals surface area contributed by atoms with Gasteiger partial charge in [-0.3, -0.25) is 0 Å². The Hall–Kier alpha value is -1.98. The Balaban J connectivity index is 2.03. The van der Waals surface area contributed by atoms with Crippen molar-refractivity contribution in [1.82, 2.24) is 5.16 Å². The minimum Gasteiger partial charge on any atom is -0.496 e. The minimum atomic E-state index is 0.654. The number of nitrogens with zero attached hydrogens (tertiary/aromatic N) is 1. The molecule has 2 aromatic carbocycles. The van der Waals surface area contributed by atoms with Gasteiger partial charge in [0.25, 0.3) is 0 Å². The van der Waals surface area contributed by atoms with E-state index >= 15 is 0 Å². The summed E-state index contributed by atoms with van der Waals surface area (Å²) in [6.07, 6.45) is 0. The van der Waals surface area contributed by atoms with Crippen molar-refractivity contribution in [3.05, 3.63) is 52.0 Å². The summed E-state index contributed by atoms with van der Waals surface area (Å²) in [5.41, 5.74) is 2.39. The summed E-state index contributed by atoms with van der Waals surface area (Å²) in [4.78, 5) is 0. The van der Waals surface area contributed by atoms with E-state index in [4.69, 9.17) is 25.6 Å². The Labute approximate surface area is 147 Å². The molecule has 1 aromatic heterocycles. The van der Waals surface area contributed by atoms with Crippen LogP contribution in [0.1, 0.15) is 0 Å². The van der Waals surface area contributed by atoms with Gasteiger partial charge in [0.1, 0.15) is 17.2 Å². The molecule has 0 radical (unpaired) electrons. The van der Waals surface area contributed by atoms with Crippen LogP contribution in [0.25, 0.3) is 22.6 Å². The summed E-state index contributed by atoms with van der Waals surface area (Å²) in [6.45, 7) is 0. The van der Waals surface area contributed by atoms with Gasteiger partial charge in [-0.1, -0.05) is 16.8 Å². The van der Waals surface area contributed by atoms with E-state index in [1.54, 1.807) is 20.3 Å². The molecule has 0 saturated carbocycles. The second-order valence-corrected chi connectivity index (χ2v) is 6.06. The monoisotopic (exact) mass is 393 g/mol. The highest BCUT2D eigenvalue weighted by atomic mass is 79.9. The van der Waals surface area contributed by atoms with Crippen molar-refractivity contribution in [3.63, 3.8) is 0 Å². The van der Waals surface area contributed by atoms with E-state index < -0.39 is 0 Å². The maximum atomic E-state index is 5.91. The number of ether oxygens (including phenoxy) is 2. The van der Waals surface area contributed by atoms with Crippen LogP contribution in [-0.2, 0) is 0 Å². The van der Waals surface area contributed by atoms with Gasteiger partial charge in [-0.15, -0.1) is 0 Å². The van der Waals surface area contributed by atoms with Gasteiger partial charge >= 0.3 is 0 Å². The number of hydrogen-bond donors (Lipinski definition) is 0. The van der Waals surface area contributed by atoms with Crippen LogP contribution in [0.15, 0.2) is 51.5 Å². The summed E-state index contributed by atoms with van der Waals surface area (Å²) < 4.78 is 17.0. The Morgan fingerprint density at radius 3 is 2.35 bits per heavy atom. The number of halogens is 2. The molecule has 0 spiro atoms.